The lowest BCUT2D eigenvalue weighted by Gasteiger charge is -2.31. The number of quaternary nitrogens is 1. The number of anilines is 2. The van der Waals surface area contributed by atoms with Crippen LogP contribution in [0.2, 0.25) is 0 Å². The third-order valence-electron chi connectivity index (χ3n) is 5.72. The van der Waals surface area contributed by atoms with Crippen LogP contribution in [-0.4, -0.2) is 56.6 Å². The van der Waals surface area contributed by atoms with Crippen molar-refractivity contribution in [2.45, 2.75) is 19.4 Å². The summed E-state index contributed by atoms with van der Waals surface area (Å²) in [7, 11) is 0. The summed E-state index contributed by atoms with van der Waals surface area (Å²) in [6, 6.07) is 12.1. The zero-order valence-electron chi connectivity index (χ0n) is 17.0. The first-order valence-electron chi connectivity index (χ1n) is 10.3. The fourth-order valence-electron chi connectivity index (χ4n) is 4.15. The van der Waals surface area contributed by atoms with Gasteiger partial charge in [-0.15, -0.1) is 0 Å². The molecule has 2 aliphatic heterocycles. The number of imide groups is 1. The molecule has 2 amide bonds. The Kier molecular flexibility index (Phi) is 5.76. The number of H-pyrrole nitrogens is 1. The summed E-state index contributed by atoms with van der Waals surface area (Å²) >= 11 is 0. The van der Waals surface area contributed by atoms with Gasteiger partial charge in [0.25, 0.3) is 11.7 Å². The molecular formula is C22H26N4O4+2. The fraction of sp³-hybridized carbons (Fsp3) is 0.364. The molecular weight excluding hydrogens is 384 g/mol. The lowest BCUT2D eigenvalue weighted by molar-refractivity contribution is -0.915. The molecule has 156 valence electrons. The van der Waals surface area contributed by atoms with Crippen LogP contribution in [0.1, 0.15) is 23.7 Å². The van der Waals surface area contributed by atoms with Crippen LogP contribution < -0.4 is 19.7 Å². The summed E-state index contributed by atoms with van der Waals surface area (Å²) in [6.07, 6.45) is 2.12. The van der Waals surface area contributed by atoms with Gasteiger partial charge in [-0.1, -0.05) is 6.07 Å². The summed E-state index contributed by atoms with van der Waals surface area (Å²) < 4.78 is 4.98. The van der Waals surface area contributed by atoms with Gasteiger partial charge in [-0.2, -0.15) is 0 Å². The Morgan fingerprint density at radius 1 is 1.13 bits per heavy atom. The van der Waals surface area contributed by atoms with E-state index in [1.54, 1.807) is 31.2 Å². The topological polar surface area (TPSA) is 85.5 Å². The van der Waals surface area contributed by atoms with Crippen LogP contribution in [0.4, 0.5) is 11.5 Å². The number of carbonyl (C=O) groups is 3. The Hall–Kier alpha value is -3.26. The first-order valence-corrected chi connectivity index (χ1v) is 10.3. The molecule has 0 aliphatic carbocycles. The number of hydrogen-bond donors (Lipinski definition) is 1. The van der Waals surface area contributed by atoms with Gasteiger partial charge < -0.3 is 9.64 Å². The van der Waals surface area contributed by atoms with E-state index in [2.05, 4.69) is 9.88 Å². The SMILES string of the molecule is CCOC(=O)c1ccc(N2C(=O)C[C@H]([NH+]3CCN(c4cccc[nH+]4)CC3)C2=O)cc1. The lowest BCUT2D eigenvalue weighted by atomic mass is 10.1. The molecule has 4 rings (SSSR count). The van der Waals surface area contributed by atoms with E-state index in [0.29, 0.717) is 17.9 Å². The molecule has 2 saturated heterocycles. The van der Waals surface area contributed by atoms with E-state index in [1.165, 1.54) is 4.90 Å². The maximum absolute atomic E-state index is 13.1. The van der Waals surface area contributed by atoms with Gasteiger partial charge in [0.1, 0.15) is 26.2 Å². The number of aromatic nitrogens is 1. The van der Waals surface area contributed by atoms with Gasteiger partial charge in [0.15, 0.2) is 6.04 Å². The Morgan fingerprint density at radius 3 is 2.50 bits per heavy atom. The number of nitrogens with zero attached hydrogens (tertiary/aromatic N) is 2. The third-order valence-corrected chi connectivity index (χ3v) is 5.72. The summed E-state index contributed by atoms with van der Waals surface area (Å²) in [6.45, 7) is 5.27. The zero-order chi connectivity index (χ0) is 21.1. The van der Waals surface area contributed by atoms with Crippen molar-refractivity contribution < 1.29 is 29.0 Å². The monoisotopic (exact) mass is 410 g/mol. The van der Waals surface area contributed by atoms with Crippen LogP contribution in [0.25, 0.3) is 0 Å². The van der Waals surface area contributed by atoms with Gasteiger partial charge in [-0.05, 0) is 37.3 Å². The molecule has 0 saturated carbocycles. The first kappa shape index (κ1) is 20.0. The molecule has 1 aromatic carbocycles. The van der Waals surface area contributed by atoms with Gasteiger partial charge in [0.05, 0.1) is 30.5 Å². The number of hydrogen-bond acceptors (Lipinski definition) is 5. The van der Waals surface area contributed by atoms with Crippen LogP contribution in [-0.2, 0) is 14.3 Å². The number of carbonyl (C=O) groups excluding carboxylic acids is 3. The first-order chi connectivity index (χ1) is 14.6. The van der Waals surface area contributed by atoms with Crippen molar-refractivity contribution in [3.63, 3.8) is 0 Å². The number of piperazine rings is 1. The number of amides is 2. The molecule has 2 aromatic rings. The van der Waals surface area contributed by atoms with E-state index < -0.39 is 5.97 Å². The highest BCUT2D eigenvalue weighted by molar-refractivity contribution is 6.22. The van der Waals surface area contributed by atoms with E-state index in [4.69, 9.17) is 4.74 Å². The lowest BCUT2D eigenvalue weighted by Crippen LogP contribution is -3.19. The highest BCUT2D eigenvalue weighted by Crippen LogP contribution is 2.23. The molecule has 8 nitrogen and oxygen atoms in total. The molecule has 3 heterocycles. The molecule has 0 radical (unpaired) electrons. The number of ether oxygens (including phenoxy) is 1. The summed E-state index contributed by atoms with van der Waals surface area (Å²) in [5.41, 5.74) is 0.896. The second kappa shape index (κ2) is 8.62. The predicted octanol–water partition coefficient (Wildman–Crippen LogP) is -0.286. The normalized spacial score (nSPS) is 20.0. The summed E-state index contributed by atoms with van der Waals surface area (Å²) in [5.74, 6) is 0.284. The number of benzene rings is 1. The smallest absolute Gasteiger partial charge is 0.338 e. The predicted molar refractivity (Wildman–Crippen MR) is 109 cm³/mol. The van der Waals surface area contributed by atoms with E-state index in [9.17, 15) is 14.4 Å². The van der Waals surface area contributed by atoms with Crippen molar-refractivity contribution in [3.05, 3.63) is 54.2 Å². The number of pyridine rings is 1. The molecule has 1 atom stereocenters. The number of nitrogens with one attached hydrogen (secondary N) is 2. The number of esters is 1. The Balaban J connectivity index is 1.41. The van der Waals surface area contributed by atoms with Crippen molar-refractivity contribution in [2.75, 3.05) is 42.6 Å². The third kappa shape index (κ3) is 3.91. The molecule has 0 spiro atoms. The van der Waals surface area contributed by atoms with Crippen molar-refractivity contribution in [2.24, 2.45) is 0 Å². The quantitative estimate of drug-likeness (QED) is 0.541. The Labute approximate surface area is 175 Å². The van der Waals surface area contributed by atoms with Crippen LogP contribution in [0.5, 0.6) is 0 Å². The van der Waals surface area contributed by atoms with Crippen LogP contribution in [0.15, 0.2) is 48.7 Å². The fourth-order valence-corrected chi connectivity index (χ4v) is 4.15. The highest BCUT2D eigenvalue weighted by atomic mass is 16.5. The zero-order valence-corrected chi connectivity index (χ0v) is 17.0. The maximum Gasteiger partial charge on any atom is 0.338 e. The Morgan fingerprint density at radius 2 is 1.87 bits per heavy atom. The molecule has 30 heavy (non-hydrogen) atoms. The van der Waals surface area contributed by atoms with Crippen molar-refractivity contribution in [1.82, 2.24) is 0 Å². The van der Waals surface area contributed by atoms with Gasteiger partial charge in [-0.3, -0.25) is 14.5 Å². The average Bonchev–Trinajstić information content (AvgIpc) is 3.08. The molecule has 8 heteroatoms. The van der Waals surface area contributed by atoms with Gasteiger partial charge >= 0.3 is 5.97 Å². The number of rotatable bonds is 5. The average molecular weight is 410 g/mol. The van der Waals surface area contributed by atoms with Crippen molar-refractivity contribution in [1.29, 1.82) is 0 Å². The van der Waals surface area contributed by atoms with E-state index in [-0.39, 0.29) is 24.3 Å². The van der Waals surface area contributed by atoms with E-state index >= 15 is 0 Å². The Bertz CT molecular complexity index is 924. The summed E-state index contributed by atoms with van der Waals surface area (Å²) in [4.78, 5) is 45.4. The van der Waals surface area contributed by atoms with Crippen LogP contribution in [0.3, 0.4) is 0 Å². The van der Waals surface area contributed by atoms with Crippen molar-refractivity contribution in [3.8, 4) is 0 Å². The van der Waals surface area contributed by atoms with Gasteiger partial charge in [-0.25, -0.2) is 14.7 Å². The van der Waals surface area contributed by atoms with Gasteiger partial charge in [0.2, 0.25) is 5.91 Å². The molecule has 2 fully saturated rings. The molecule has 0 unspecified atom stereocenters. The molecule has 0 bridgehead atoms. The minimum Gasteiger partial charge on any atom is -0.462 e. The second-order valence-electron chi connectivity index (χ2n) is 7.48. The minimum atomic E-state index is -0.418. The molecule has 2 aliphatic rings. The van der Waals surface area contributed by atoms with Crippen LogP contribution >= 0.6 is 0 Å². The standard InChI is InChI=1S/C22H24N4O4/c1-2-30-22(29)16-6-8-17(9-7-16)26-20(27)15-18(21(26)28)24-11-13-25(14-12-24)19-5-3-4-10-23-19/h3-10,18H,2,11-15H2,1H3/p+2/t18-/m0/s1. The minimum absolute atomic E-state index is 0.168. The maximum atomic E-state index is 13.1. The highest BCUT2D eigenvalue weighted by Gasteiger charge is 2.47. The number of aromatic amines is 1. The van der Waals surface area contributed by atoms with Gasteiger partial charge in [0, 0.05) is 6.07 Å². The van der Waals surface area contributed by atoms with Crippen LogP contribution in [0, 0.1) is 0 Å². The molecule has 1 aromatic heterocycles. The van der Waals surface area contributed by atoms with E-state index in [1.807, 2.05) is 24.4 Å². The second-order valence-corrected chi connectivity index (χ2v) is 7.48. The largest absolute Gasteiger partial charge is 0.462 e. The van der Waals surface area contributed by atoms with E-state index in [0.717, 1.165) is 36.9 Å². The summed E-state index contributed by atoms with van der Waals surface area (Å²) in [5, 5.41) is 0. The van der Waals surface area contributed by atoms with Crippen molar-refractivity contribution >= 4 is 29.3 Å². The molecule has 2 N–H and O–H groups in total.